The van der Waals surface area contributed by atoms with Crippen molar-refractivity contribution in [1.29, 1.82) is 0 Å². The average molecular weight is 312 g/mol. The van der Waals surface area contributed by atoms with Crippen LogP contribution in [0.3, 0.4) is 0 Å². The Labute approximate surface area is 136 Å². The maximum absolute atomic E-state index is 11.5. The van der Waals surface area contributed by atoms with Crippen LogP contribution >= 0.6 is 0 Å². The number of hydrogen-bond donors (Lipinski definition) is 0. The van der Waals surface area contributed by atoms with Crippen LogP contribution in [0.5, 0.6) is 11.5 Å². The Hall–Kier alpha value is -2.62. The Kier molecular flexibility index (Phi) is 5.92. The molecule has 0 fully saturated rings. The molecule has 0 aliphatic carbocycles. The summed E-state index contributed by atoms with van der Waals surface area (Å²) < 4.78 is 11.2. The molecule has 23 heavy (non-hydrogen) atoms. The first-order chi connectivity index (χ1) is 11.1. The SMILES string of the molecule is CCC(=O)c1ccc(OCCOc2ccccc2C(C)=O)cc1. The third-order valence-corrected chi connectivity index (χ3v) is 3.37. The van der Waals surface area contributed by atoms with Crippen LogP contribution in [-0.4, -0.2) is 24.8 Å². The van der Waals surface area contributed by atoms with E-state index >= 15 is 0 Å². The molecule has 0 N–H and O–H groups in total. The predicted octanol–water partition coefficient (Wildman–Crippen LogP) is 3.94. The Balaban J connectivity index is 1.84. The van der Waals surface area contributed by atoms with E-state index in [1.807, 2.05) is 13.0 Å². The highest BCUT2D eigenvalue weighted by Crippen LogP contribution is 2.18. The van der Waals surface area contributed by atoms with Gasteiger partial charge >= 0.3 is 0 Å². The van der Waals surface area contributed by atoms with Gasteiger partial charge < -0.3 is 9.47 Å². The van der Waals surface area contributed by atoms with Gasteiger partial charge in [-0.05, 0) is 43.3 Å². The molecule has 4 heteroatoms. The van der Waals surface area contributed by atoms with E-state index in [1.54, 1.807) is 42.5 Å². The number of rotatable bonds is 8. The van der Waals surface area contributed by atoms with Gasteiger partial charge in [0.15, 0.2) is 11.6 Å². The van der Waals surface area contributed by atoms with Crippen molar-refractivity contribution in [2.75, 3.05) is 13.2 Å². The normalized spacial score (nSPS) is 10.2. The molecule has 0 bridgehead atoms. The molecule has 0 aliphatic rings. The zero-order valence-corrected chi connectivity index (χ0v) is 13.4. The zero-order chi connectivity index (χ0) is 16.7. The summed E-state index contributed by atoms with van der Waals surface area (Å²) in [5.41, 5.74) is 1.25. The van der Waals surface area contributed by atoms with Crippen LogP contribution in [-0.2, 0) is 0 Å². The quantitative estimate of drug-likeness (QED) is 0.547. The Morgan fingerprint density at radius 1 is 0.913 bits per heavy atom. The Bertz CT molecular complexity index is 674. The van der Waals surface area contributed by atoms with E-state index in [0.717, 1.165) is 0 Å². The average Bonchev–Trinajstić information content (AvgIpc) is 2.58. The number of benzene rings is 2. The molecule has 0 amide bonds. The van der Waals surface area contributed by atoms with Crippen LogP contribution in [0, 0.1) is 0 Å². The molecular weight excluding hydrogens is 292 g/mol. The summed E-state index contributed by atoms with van der Waals surface area (Å²) in [6, 6.07) is 14.2. The van der Waals surface area contributed by atoms with Crippen molar-refractivity contribution in [3.8, 4) is 11.5 Å². The molecule has 0 atom stereocenters. The molecular formula is C19H20O4. The smallest absolute Gasteiger partial charge is 0.163 e. The van der Waals surface area contributed by atoms with E-state index < -0.39 is 0 Å². The number of carbonyl (C=O) groups is 2. The maximum Gasteiger partial charge on any atom is 0.163 e. The van der Waals surface area contributed by atoms with Gasteiger partial charge in [-0.1, -0.05) is 19.1 Å². The van der Waals surface area contributed by atoms with Gasteiger partial charge in [-0.25, -0.2) is 0 Å². The molecule has 0 unspecified atom stereocenters. The molecule has 4 nitrogen and oxygen atoms in total. The summed E-state index contributed by atoms with van der Waals surface area (Å²) in [4.78, 5) is 23.0. The fraction of sp³-hybridized carbons (Fsp3) is 0.263. The fourth-order valence-electron chi connectivity index (χ4n) is 2.14. The lowest BCUT2D eigenvalue weighted by Gasteiger charge is -2.11. The van der Waals surface area contributed by atoms with Crippen molar-refractivity contribution in [2.24, 2.45) is 0 Å². The monoisotopic (exact) mass is 312 g/mol. The maximum atomic E-state index is 11.5. The van der Waals surface area contributed by atoms with Crippen LogP contribution in [0.25, 0.3) is 0 Å². The zero-order valence-electron chi connectivity index (χ0n) is 13.4. The van der Waals surface area contributed by atoms with Crippen LogP contribution in [0.15, 0.2) is 48.5 Å². The van der Waals surface area contributed by atoms with Crippen LogP contribution < -0.4 is 9.47 Å². The molecule has 0 spiro atoms. The van der Waals surface area contributed by atoms with Gasteiger partial charge in [-0.2, -0.15) is 0 Å². The Morgan fingerprint density at radius 3 is 2.22 bits per heavy atom. The van der Waals surface area contributed by atoms with Crippen molar-refractivity contribution < 1.29 is 19.1 Å². The fourth-order valence-corrected chi connectivity index (χ4v) is 2.14. The van der Waals surface area contributed by atoms with Crippen LogP contribution in [0.1, 0.15) is 41.0 Å². The second-order valence-corrected chi connectivity index (χ2v) is 5.05. The lowest BCUT2D eigenvalue weighted by molar-refractivity contribution is 0.0985. The predicted molar refractivity (Wildman–Crippen MR) is 88.5 cm³/mol. The van der Waals surface area contributed by atoms with Gasteiger partial charge in [-0.3, -0.25) is 9.59 Å². The molecule has 2 aromatic carbocycles. The van der Waals surface area contributed by atoms with E-state index in [9.17, 15) is 9.59 Å². The first-order valence-electron chi connectivity index (χ1n) is 7.60. The molecule has 0 saturated heterocycles. The van der Waals surface area contributed by atoms with Crippen molar-refractivity contribution in [1.82, 2.24) is 0 Å². The third kappa shape index (κ3) is 4.68. The molecule has 0 radical (unpaired) electrons. The first-order valence-corrected chi connectivity index (χ1v) is 7.60. The van der Waals surface area contributed by atoms with Crippen molar-refractivity contribution >= 4 is 11.6 Å². The van der Waals surface area contributed by atoms with Crippen molar-refractivity contribution in [2.45, 2.75) is 20.3 Å². The minimum absolute atomic E-state index is 0.0299. The molecule has 2 aromatic rings. The molecule has 0 aromatic heterocycles. The topological polar surface area (TPSA) is 52.6 Å². The number of para-hydroxylation sites is 1. The van der Waals surface area contributed by atoms with Crippen molar-refractivity contribution in [3.05, 3.63) is 59.7 Å². The summed E-state index contributed by atoms with van der Waals surface area (Å²) in [6.07, 6.45) is 0.490. The second kappa shape index (κ2) is 8.13. The van der Waals surface area contributed by atoms with Gasteiger partial charge in [0.25, 0.3) is 0 Å². The number of hydrogen-bond acceptors (Lipinski definition) is 4. The largest absolute Gasteiger partial charge is 0.490 e. The molecule has 120 valence electrons. The van der Waals surface area contributed by atoms with Gasteiger partial charge in [0, 0.05) is 12.0 Å². The van der Waals surface area contributed by atoms with E-state index in [2.05, 4.69) is 0 Å². The molecule has 0 aliphatic heterocycles. The van der Waals surface area contributed by atoms with E-state index in [1.165, 1.54) is 6.92 Å². The van der Waals surface area contributed by atoms with E-state index in [0.29, 0.717) is 42.3 Å². The van der Waals surface area contributed by atoms with Gasteiger partial charge in [0.05, 0.1) is 5.56 Å². The van der Waals surface area contributed by atoms with Gasteiger partial charge in [0.1, 0.15) is 24.7 Å². The first kappa shape index (κ1) is 16.7. The second-order valence-electron chi connectivity index (χ2n) is 5.05. The Morgan fingerprint density at radius 2 is 1.57 bits per heavy atom. The summed E-state index contributed by atoms with van der Waals surface area (Å²) in [5.74, 6) is 1.33. The molecule has 2 rings (SSSR count). The lowest BCUT2D eigenvalue weighted by atomic mass is 10.1. The number of Topliss-reactive ketones (excluding diaryl/α,β-unsaturated/α-hetero) is 2. The minimum atomic E-state index is -0.0299. The van der Waals surface area contributed by atoms with E-state index in [-0.39, 0.29) is 11.6 Å². The molecule has 0 heterocycles. The van der Waals surface area contributed by atoms with Gasteiger partial charge in [-0.15, -0.1) is 0 Å². The highest BCUT2D eigenvalue weighted by molar-refractivity contribution is 5.96. The minimum Gasteiger partial charge on any atom is -0.490 e. The summed E-state index contributed by atoms with van der Waals surface area (Å²) in [6.45, 7) is 4.04. The highest BCUT2D eigenvalue weighted by atomic mass is 16.5. The number of ketones is 2. The summed E-state index contributed by atoms with van der Waals surface area (Å²) in [5, 5.41) is 0. The van der Waals surface area contributed by atoms with Crippen LogP contribution in [0.2, 0.25) is 0 Å². The van der Waals surface area contributed by atoms with E-state index in [4.69, 9.17) is 9.47 Å². The standard InChI is InChI=1S/C19H20O4/c1-3-18(21)15-8-10-16(11-9-15)22-12-13-23-19-7-5-4-6-17(19)14(2)20/h4-11H,3,12-13H2,1-2H3. The highest BCUT2D eigenvalue weighted by Gasteiger charge is 2.07. The number of carbonyl (C=O) groups excluding carboxylic acids is 2. The number of ether oxygens (including phenoxy) is 2. The lowest BCUT2D eigenvalue weighted by Crippen LogP contribution is -2.10. The van der Waals surface area contributed by atoms with Crippen LogP contribution in [0.4, 0.5) is 0 Å². The summed E-state index contributed by atoms with van der Waals surface area (Å²) >= 11 is 0. The third-order valence-electron chi connectivity index (χ3n) is 3.37. The summed E-state index contributed by atoms with van der Waals surface area (Å²) in [7, 11) is 0. The van der Waals surface area contributed by atoms with Crippen molar-refractivity contribution in [3.63, 3.8) is 0 Å². The van der Waals surface area contributed by atoms with Gasteiger partial charge in [0.2, 0.25) is 0 Å². The molecule has 0 saturated carbocycles.